The fourth-order valence-electron chi connectivity index (χ4n) is 2.07. The maximum Gasteiger partial charge on any atom is 0.180 e. The molecule has 106 valence electrons. The lowest BCUT2D eigenvalue weighted by molar-refractivity contribution is 0.780. The molecule has 3 rings (SSSR count). The van der Waals surface area contributed by atoms with Crippen LogP contribution >= 0.6 is 23.2 Å². The van der Waals surface area contributed by atoms with Gasteiger partial charge in [0.25, 0.3) is 0 Å². The van der Waals surface area contributed by atoms with Crippen LogP contribution in [0.15, 0.2) is 36.7 Å². The molecule has 0 bridgehead atoms. The van der Waals surface area contributed by atoms with E-state index >= 15 is 0 Å². The summed E-state index contributed by atoms with van der Waals surface area (Å²) in [5.41, 5.74) is 8.16. The predicted octanol–water partition coefficient (Wildman–Crippen LogP) is 3.43. The van der Waals surface area contributed by atoms with Crippen molar-refractivity contribution in [2.24, 2.45) is 7.05 Å². The molecule has 2 N–H and O–H groups in total. The molecule has 0 aliphatic carbocycles. The molecule has 0 unspecified atom stereocenters. The van der Waals surface area contributed by atoms with Gasteiger partial charge in [0.1, 0.15) is 11.5 Å². The first-order valence-corrected chi connectivity index (χ1v) is 6.89. The highest BCUT2D eigenvalue weighted by molar-refractivity contribution is 6.36. The molecule has 2 aromatic heterocycles. The summed E-state index contributed by atoms with van der Waals surface area (Å²) in [5.74, 6) is 0.979. The van der Waals surface area contributed by atoms with Crippen LogP contribution in [0.3, 0.4) is 0 Å². The Morgan fingerprint density at radius 1 is 1.14 bits per heavy atom. The van der Waals surface area contributed by atoms with E-state index in [4.69, 9.17) is 28.9 Å². The summed E-state index contributed by atoms with van der Waals surface area (Å²) in [6, 6.07) is 6.97. The zero-order chi connectivity index (χ0) is 15.0. The molecule has 3 aromatic rings. The second-order valence-electron chi connectivity index (χ2n) is 4.43. The third kappa shape index (κ3) is 2.46. The van der Waals surface area contributed by atoms with Gasteiger partial charge in [-0.3, -0.25) is 4.68 Å². The number of hydrogen-bond acceptors (Lipinski definition) is 4. The van der Waals surface area contributed by atoms with Crippen LogP contribution in [-0.4, -0.2) is 19.7 Å². The van der Waals surface area contributed by atoms with Crippen LogP contribution in [0, 0.1) is 0 Å². The number of hydrogen-bond donors (Lipinski definition) is 1. The van der Waals surface area contributed by atoms with E-state index in [9.17, 15) is 0 Å². The van der Waals surface area contributed by atoms with Crippen molar-refractivity contribution < 1.29 is 0 Å². The molecule has 0 spiro atoms. The standard InChI is InChI=1S/C14H11Cl2N5/c1-21-13(17)11(9-4-3-8(15)7-10(9)16)12(20-21)14-18-5-2-6-19-14/h2-7H,17H2,1H3. The topological polar surface area (TPSA) is 69.6 Å². The largest absolute Gasteiger partial charge is 0.383 e. The third-order valence-electron chi connectivity index (χ3n) is 3.07. The minimum Gasteiger partial charge on any atom is -0.383 e. The van der Waals surface area contributed by atoms with Crippen molar-refractivity contribution in [1.29, 1.82) is 0 Å². The molecule has 0 amide bonds. The van der Waals surface area contributed by atoms with E-state index in [0.717, 1.165) is 5.56 Å². The molecule has 0 atom stereocenters. The Morgan fingerprint density at radius 3 is 2.52 bits per heavy atom. The van der Waals surface area contributed by atoms with Crippen molar-refractivity contribution in [2.45, 2.75) is 0 Å². The van der Waals surface area contributed by atoms with Gasteiger partial charge in [-0.15, -0.1) is 0 Å². The Labute approximate surface area is 131 Å². The minimum absolute atomic E-state index is 0.488. The van der Waals surface area contributed by atoms with Gasteiger partial charge >= 0.3 is 0 Å². The average molecular weight is 320 g/mol. The summed E-state index contributed by atoms with van der Waals surface area (Å²) in [6.07, 6.45) is 3.31. The summed E-state index contributed by atoms with van der Waals surface area (Å²) in [6.45, 7) is 0. The molecule has 21 heavy (non-hydrogen) atoms. The van der Waals surface area contributed by atoms with Gasteiger partial charge in [0.15, 0.2) is 5.82 Å². The number of aromatic nitrogens is 4. The van der Waals surface area contributed by atoms with Crippen molar-refractivity contribution in [3.8, 4) is 22.6 Å². The summed E-state index contributed by atoms with van der Waals surface area (Å²) < 4.78 is 1.58. The SMILES string of the molecule is Cn1nc(-c2ncccn2)c(-c2ccc(Cl)cc2Cl)c1N. The van der Waals surface area contributed by atoms with Gasteiger partial charge in [-0.05, 0) is 18.2 Å². The molecule has 1 aromatic carbocycles. The number of aryl methyl sites for hydroxylation is 1. The van der Waals surface area contributed by atoms with E-state index in [1.165, 1.54) is 0 Å². The Bertz CT molecular complexity index is 799. The Morgan fingerprint density at radius 2 is 1.86 bits per heavy atom. The van der Waals surface area contributed by atoms with Crippen LogP contribution in [0.5, 0.6) is 0 Å². The van der Waals surface area contributed by atoms with E-state index in [2.05, 4.69) is 15.1 Å². The zero-order valence-electron chi connectivity index (χ0n) is 11.1. The summed E-state index contributed by atoms with van der Waals surface area (Å²) in [7, 11) is 1.76. The first kappa shape index (κ1) is 13.9. The van der Waals surface area contributed by atoms with Crippen LogP contribution in [0.1, 0.15) is 0 Å². The quantitative estimate of drug-likeness (QED) is 0.785. The highest BCUT2D eigenvalue weighted by atomic mass is 35.5. The predicted molar refractivity (Wildman–Crippen MR) is 84.1 cm³/mol. The molecule has 7 heteroatoms. The fourth-order valence-corrected chi connectivity index (χ4v) is 2.58. The van der Waals surface area contributed by atoms with Crippen LogP contribution in [-0.2, 0) is 7.05 Å². The Hall–Kier alpha value is -2.11. The van der Waals surface area contributed by atoms with Crippen LogP contribution < -0.4 is 5.73 Å². The van der Waals surface area contributed by atoms with Gasteiger partial charge < -0.3 is 5.73 Å². The lowest BCUT2D eigenvalue weighted by Gasteiger charge is -2.06. The highest BCUT2D eigenvalue weighted by Gasteiger charge is 2.21. The number of anilines is 1. The molecular formula is C14H11Cl2N5. The van der Waals surface area contributed by atoms with E-state index in [1.54, 1.807) is 42.3 Å². The Balaban J connectivity index is 2.27. The molecule has 2 heterocycles. The van der Waals surface area contributed by atoms with Crippen molar-refractivity contribution in [1.82, 2.24) is 19.7 Å². The van der Waals surface area contributed by atoms with E-state index in [1.807, 2.05) is 6.07 Å². The van der Waals surface area contributed by atoms with Crippen molar-refractivity contribution in [3.63, 3.8) is 0 Å². The van der Waals surface area contributed by atoms with Gasteiger partial charge in [0.2, 0.25) is 0 Å². The molecule has 0 saturated carbocycles. The molecule has 5 nitrogen and oxygen atoms in total. The lowest BCUT2D eigenvalue weighted by Crippen LogP contribution is -1.98. The van der Waals surface area contributed by atoms with Crippen LogP contribution in [0.25, 0.3) is 22.6 Å². The van der Waals surface area contributed by atoms with Gasteiger partial charge in [-0.2, -0.15) is 5.10 Å². The molecular weight excluding hydrogens is 309 g/mol. The van der Waals surface area contributed by atoms with Gasteiger partial charge in [-0.1, -0.05) is 29.3 Å². The monoisotopic (exact) mass is 319 g/mol. The minimum atomic E-state index is 0.488. The van der Waals surface area contributed by atoms with Crippen molar-refractivity contribution >= 4 is 29.0 Å². The van der Waals surface area contributed by atoms with Gasteiger partial charge in [-0.25, -0.2) is 9.97 Å². The highest BCUT2D eigenvalue weighted by Crippen LogP contribution is 2.39. The second kappa shape index (κ2) is 5.35. The molecule has 0 saturated heterocycles. The van der Waals surface area contributed by atoms with E-state index in [-0.39, 0.29) is 0 Å². The maximum atomic E-state index is 6.29. The Kier molecular flexibility index (Phi) is 3.53. The van der Waals surface area contributed by atoms with Crippen LogP contribution in [0.2, 0.25) is 10.0 Å². The molecule has 0 aliphatic heterocycles. The number of nitrogens with zero attached hydrogens (tertiary/aromatic N) is 4. The van der Waals surface area contributed by atoms with E-state index < -0.39 is 0 Å². The fraction of sp³-hybridized carbons (Fsp3) is 0.0714. The van der Waals surface area contributed by atoms with E-state index in [0.29, 0.717) is 32.9 Å². The summed E-state index contributed by atoms with van der Waals surface area (Å²) in [5, 5.41) is 5.45. The van der Waals surface area contributed by atoms with Gasteiger partial charge in [0.05, 0.1) is 10.6 Å². The lowest BCUT2D eigenvalue weighted by atomic mass is 10.0. The number of nitrogens with two attached hydrogens (primary N) is 1. The number of benzene rings is 1. The summed E-state index contributed by atoms with van der Waals surface area (Å²) in [4.78, 5) is 8.45. The smallest absolute Gasteiger partial charge is 0.180 e. The maximum absolute atomic E-state index is 6.29. The normalized spacial score (nSPS) is 10.8. The first-order chi connectivity index (χ1) is 10.1. The second-order valence-corrected chi connectivity index (χ2v) is 5.27. The first-order valence-electron chi connectivity index (χ1n) is 6.13. The molecule has 0 aliphatic rings. The zero-order valence-corrected chi connectivity index (χ0v) is 12.6. The summed E-state index contributed by atoms with van der Waals surface area (Å²) >= 11 is 12.2. The third-order valence-corrected chi connectivity index (χ3v) is 3.62. The number of nitrogen functional groups attached to an aromatic ring is 1. The number of rotatable bonds is 2. The molecule has 0 radical (unpaired) electrons. The number of halogens is 2. The van der Waals surface area contributed by atoms with Crippen LogP contribution in [0.4, 0.5) is 5.82 Å². The van der Waals surface area contributed by atoms with Crippen molar-refractivity contribution in [2.75, 3.05) is 5.73 Å². The van der Waals surface area contributed by atoms with Gasteiger partial charge in [0, 0.05) is 30.0 Å². The molecule has 0 fully saturated rings. The average Bonchev–Trinajstić information content (AvgIpc) is 2.76. The van der Waals surface area contributed by atoms with Crippen molar-refractivity contribution in [3.05, 3.63) is 46.7 Å².